The highest BCUT2D eigenvalue weighted by molar-refractivity contribution is 7.12. The van der Waals surface area contributed by atoms with Gasteiger partial charge in [0.2, 0.25) is 5.91 Å². The molecule has 1 aromatic carbocycles. The Hall–Kier alpha value is -2.32. The van der Waals surface area contributed by atoms with E-state index < -0.39 is 23.6 Å². The normalized spacial score (nSPS) is 16.3. The monoisotopic (exact) mass is 379 g/mol. The van der Waals surface area contributed by atoms with Crippen LogP contribution in [0.1, 0.15) is 16.6 Å². The maximum atomic E-state index is 13.7. The third-order valence-electron chi connectivity index (χ3n) is 4.45. The quantitative estimate of drug-likeness (QED) is 0.889. The van der Waals surface area contributed by atoms with Crippen LogP contribution in [-0.4, -0.2) is 53.8 Å². The summed E-state index contributed by atoms with van der Waals surface area (Å²) in [7, 11) is 0. The van der Waals surface area contributed by atoms with E-state index in [4.69, 9.17) is 0 Å². The highest BCUT2D eigenvalue weighted by Gasteiger charge is 2.28. The van der Waals surface area contributed by atoms with Crippen molar-refractivity contribution in [2.75, 3.05) is 31.5 Å². The lowest BCUT2D eigenvalue weighted by atomic mass is 10.2. The molecule has 1 saturated heterocycles. The summed E-state index contributed by atoms with van der Waals surface area (Å²) in [5.74, 6) is -1.71. The van der Waals surface area contributed by atoms with E-state index in [9.17, 15) is 18.4 Å². The average molecular weight is 379 g/mol. The summed E-state index contributed by atoms with van der Waals surface area (Å²) in [4.78, 5) is 29.1. The fourth-order valence-corrected chi connectivity index (χ4v) is 3.56. The fraction of sp³-hybridized carbons (Fsp3) is 0.333. The van der Waals surface area contributed by atoms with Gasteiger partial charge in [-0.05, 0) is 30.5 Å². The molecule has 1 aromatic heterocycles. The molecule has 1 aliphatic rings. The summed E-state index contributed by atoms with van der Waals surface area (Å²) in [6, 6.07) is 6.05. The molecule has 1 aliphatic heterocycles. The van der Waals surface area contributed by atoms with E-state index in [1.54, 1.807) is 17.9 Å². The molecule has 0 saturated carbocycles. The van der Waals surface area contributed by atoms with E-state index in [1.807, 2.05) is 16.3 Å². The first-order chi connectivity index (χ1) is 12.5. The van der Waals surface area contributed by atoms with Crippen LogP contribution in [0, 0.1) is 11.6 Å². The summed E-state index contributed by atoms with van der Waals surface area (Å²) in [6.07, 6.45) is 0. The lowest BCUT2D eigenvalue weighted by Crippen LogP contribution is -2.54. The molecule has 8 heteroatoms. The topological polar surface area (TPSA) is 52.7 Å². The Morgan fingerprint density at radius 1 is 1.15 bits per heavy atom. The Morgan fingerprint density at radius 3 is 2.54 bits per heavy atom. The molecule has 0 bridgehead atoms. The number of amides is 2. The number of rotatable bonds is 4. The highest BCUT2D eigenvalue weighted by atomic mass is 32.1. The Kier molecular flexibility index (Phi) is 5.63. The number of carbonyl (C=O) groups is 2. The van der Waals surface area contributed by atoms with Crippen LogP contribution >= 0.6 is 11.3 Å². The number of piperazine rings is 1. The number of benzene rings is 1. The molecule has 1 atom stereocenters. The van der Waals surface area contributed by atoms with Gasteiger partial charge in [0.25, 0.3) is 5.91 Å². The van der Waals surface area contributed by atoms with Gasteiger partial charge >= 0.3 is 0 Å². The van der Waals surface area contributed by atoms with E-state index in [1.165, 1.54) is 11.3 Å². The first-order valence-corrected chi connectivity index (χ1v) is 9.16. The molecule has 2 aromatic rings. The number of nitrogens with one attached hydrogen (secondary N) is 1. The Labute approximate surface area is 154 Å². The third-order valence-corrected chi connectivity index (χ3v) is 5.30. The second kappa shape index (κ2) is 7.92. The first kappa shape index (κ1) is 18.5. The molecule has 3 rings (SSSR count). The number of nitrogens with zero attached hydrogens (tertiary/aromatic N) is 2. The molecule has 0 aliphatic carbocycles. The van der Waals surface area contributed by atoms with Crippen molar-refractivity contribution >= 4 is 28.8 Å². The summed E-state index contributed by atoms with van der Waals surface area (Å²) in [5, 5.41) is 4.29. The zero-order chi connectivity index (χ0) is 18.7. The minimum atomic E-state index is -0.682. The van der Waals surface area contributed by atoms with Crippen molar-refractivity contribution < 1.29 is 18.4 Å². The lowest BCUT2D eigenvalue weighted by Gasteiger charge is -2.37. The maximum absolute atomic E-state index is 13.7. The van der Waals surface area contributed by atoms with Gasteiger partial charge in [0.15, 0.2) is 0 Å². The van der Waals surface area contributed by atoms with Crippen LogP contribution in [0.3, 0.4) is 0 Å². The lowest BCUT2D eigenvalue weighted by molar-refractivity contribution is -0.121. The summed E-state index contributed by atoms with van der Waals surface area (Å²) >= 11 is 1.41. The van der Waals surface area contributed by atoms with Crippen LogP contribution in [0.2, 0.25) is 0 Å². The van der Waals surface area contributed by atoms with Crippen molar-refractivity contribution in [2.24, 2.45) is 0 Å². The van der Waals surface area contributed by atoms with Crippen LogP contribution in [0.4, 0.5) is 14.5 Å². The van der Waals surface area contributed by atoms with Gasteiger partial charge in [0, 0.05) is 32.2 Å². The standard InChI is InChI=1S/C18H19F2N3O2S/c1-12(17(24)21-15-11-13(19)4-5-14(15)20)22-6-8-23(9-7-22)18(25)16-3-2-10-26-16/h2-5,10-12H,6-9H2,1H3,(H,21,24)/t12-/m0/s1. The molecule has 0 spiro atoms. The average Bonchev–Trinajstić information content (AvgIpc) is 3.18. The zero-order valence-corrected chi connectivity index (χ0v) is 15.1. The van der Waals surface area contributed by atoms with Gasteiger partial charge in [-0.25, -0.2) is 8.78 Å². The Bertz CT molecular complexity index is 790. The summed E-state index contributed by atoms with van der Waals surface area (Å²) in [6.45, 7) is 3.82. The molecule has 5 nitrogen and oxygen atoms in total. The minimum Gasteiger partial charge on any atom is -0.335 e. The molecule has 0 radical (unpaired) electrons. The third kappa shape index (κ3) is 4.08. The Balaban J connectivity index is 1.56. The number of carbonyl (C=O) groups excluding carboxylic acids is 2. The van der Waals surface area contributed by atoms with E-state index in [0.717, 1.165) is 18.2 Å². The van der Waals surface area contributed by atoms with Crippen LogP contribution in [0.5, 0.6) is 0 Å². The molecule has 2 heterocycles. The van der Waals surface area contributed by atoms with Crippen LogP contribution in [-0.2, 0) is 4.79 Å². The van der Waals surface area contributed by atoms with Crippen molar-refractivity contribution in [1.82, 2.24) is 9.80 Å². The molecule has 138 valence electrons. The van der Waals surface area contributed by atoms with Crippen molar-refractivity contribution in [1.29, 1.82) is 0 Å². The van der Waals surface area contributed by atoms with Crippen molar-refractivity contribution in [3.8, 4) is 0 Å². The molecule has 1 fully saturated rings. The second-order valence-electron chi connectivity index (χ2n) is 6.09. The number of anilines is 1. The van der Waals surface area contributed by atoms with Crippen LogP contribution < -0.4 is 5.32 Å². The second-order valence-corrected chi connectivity index (χ2v) is 7.04. The smallest absolute Gasteiger partial charge is 0.264 e. The molecular formula is C18H19F2N3O2S. The summed E-state index contributed by atoms with van der Waals surface area (Å²) < 4.78 is 26.9. The van der Waals surface area contributed by atoms with E-state index in [-0.39, 0.29) is 11.6 Å². The number of hydrogen-bond acceptors (Lipinski definition) is 4. The van der Waals surface area contributed by atoms with Crippen molar-refractivity contribution in [3.63, 3.8) is 0 Å². The van der Waals surface area contributed by atoms with Gasteiger partial charge in [0.1, 0.15) is 11.6 Å². The van der Waals surface area contributed by atoms with Gasteiger partial charge in [0.05, 0.1) is 16.6 Å². The molecular weight excluding hydrogens is 360 g/mol. The fourth-order valence-electron chi connectivity index (χ4n) is 2.86. The van der Waals surface area contributed by atoms with Crippen molar-refractivity contribution in [3.05, 3.63) is 52.2 Å². The molecule has 1 N–H and O–H groups in total. The van der Waals surface area contributed by atoms with Gasteiger partial charge in [-0.1, -0.05) is 6.07 Å². The molecule has 0 unspecified atom stereocenters. The SMILES string of the molecule is C[C@@H](C(=O)Nc1cc(F)ccc1F)N1CCN(C(=O)c2cccs2)CC1. The van der Waals surface area contributed by atoms with Crippen molar-refractivity contribution in [2.45, 2.75) is 13.0 Å². The predicted octanol–water partition coefficient (Wildman–Crippen LogP) is 2.81. The van der Waals surface area contributed by atoms with Gasteiger partial charge < -0.3 is 10.2 Å². The van der Waals surface area contributed by atoms with Gasteiger partial charge in [-0.3, -0.25) is 14.5 Å². The Morgan fingerprint density at radius 2 is 1.88 bits per heavy atom. The largest absolute Gasteiger partial charge is 0.335 e. The highest BCUT2D eigenvalue weighted by Crippen LogP contribution is 2.18. The van der Waals surface area contributed by atoms with Gasteiger partial charge in [-0.2, -0.15) is 0 Å². The minimum absolute atomic E-state index is 0.00131. The number of thiophene rings is 1. The molecule has 26 heavy (non-hydrogen) atoms. The van der Waals surface area contributed by atoms with E-state index >= 15 is 0 Å². The summed E-state index contributed by atoms with van der Waals surface area (Å²) in [5.41, 5.74) is -0.173. The van der Waals surface area contributed by atoms with Gasteiger partial charge in [-0.15, -0.1) is 11.3 Å². The van der Waals surface area contributed by atoms with Crippen LogP contribution in [0.15, 0.2) is 35.7 Å². The number of hydrogen-bond donors (Lipinski definition) is 1. The zero-order valence-electron chi connectivity index (χ0n) is 14.2. The molecule has 2 amide bonds. The first-order valence-electron chi connectivity index (χ1n) is 8.28. The maximum Gasteiger partial charge on any atom is 0.264 e. The van der Waals surface area contributed by atoms with E-state index in [0.29, 0.717) is 31.1 Å². The number of halogens is 2. The van der Waals surface area contributed by atoms with Crippen LogP contribution in [0.25, 0.3) is 0 Å². The predicted molar refractivity (Wildman–Crippen MR) is 96.2 cm³/mol. The van der Waals surface area contributed by atoms with E-state index in [2.05, 4.69) is 5.32 Å².